The molecule has 1 saturated heterocycles. The molecule has 0 spiro atoms. The Labute approximate surface area is 189 Å². The highest BCUT2D eigenvalue weighted by Crippen LogP contribution is 2.28. The van der Waals surface area contributed by atoms with Crippen molar-refractivity contribution in [3.8, 4) is 0 Å². The van der Waals surface area contributed by atoms with Crippen LogP contribution in [0.4, 0.5) is 15.8 Å². The average molecular weight is 449 g/mol. The number of hydrogen-bond acceptors (Lipinski definition) is 6. The van der Waals surface area contributed by atoms with Crippen molar-refractivity contribution < 1.29 is 9.18 Å². The van der Waals surface area contributed by atoms with Gasteiger partial charge in [0.05, 0.1) is 17.1 Å². The third-order valence-electron chi connectivity index (χ3n) is 6.26. The van der Waals surface area contributed by atoms with Gasteiger partial charge in [-0.05, 0) is 45.2 Å². The predicted octanol–water partition coefficient (Wildman–Crippen LogP) is 2.72. The molecular weight excluding hydrogens is 423 g/mol. The second-order valence-electron chi connectivity index (χ2n) is 9.01. The van der Waals surface area contributed by atoms with Crippen LogP contribution in [-0.2, 0) is 0 Å². The Kier molecular flexibility index (Phi) is 4.58. The SMILES string of the molecule is Cc1cn2cc(NC(=O)c3ccc(N4CC[C@@H](NC5CC5)C4)c4nc(C)nn34)cc(F)c2n1. The van der Waals surface area contributed by atoms with Crippen LogP contribution in [0.25, 0.3) is 11.3 Å². The maximum atomic E-state index is 14.4. The van der Waals surface area contributed by atoms with E-state index in [0.717, 1.165) is 25.2 Å². The third-order valence-corrected chi connectivity index (χ3v) is 6.26. The van der Waals surface area contributed by atoms with E-state index in [1.807, 2.05) is 13.0 Å². The lowest BCUT2D eigenvalue weighted by atomic mass is 10.2. The number of imidazole rings is 1. The molecule has 2 fully saturated rings. The van der Waals surface area contributed by atoms with E-state index in [4.69, 9.17) is 0 Å². The molecule has 0 radical (unpaired) electrons. The molecule has 1 saturated carbocycles. The maximum absolute atomic E-state index is 14.4. The fourth-order valence-electron chi connectivity index (χ4n) is 4.61. The summed E-state index contributed by atoms with van der Waals surface area (Å²) in [5.41, 5.74) is 3.22. The zero-order chi connectivity index (χ0) is 22.7. The number of pyridine rings is 2. The molecule has 4 aromatic heterocycles. The number of carbonyl (C=O) groups is 1. The van der Waals surface area contributed by atoms with Gasteiger partial charge in [-0.3, -0.25) is 4.79 Å². The monoisotopic (exact) mass is 448 g/mol. The third kappa shape index (κ3) is 3.70. The highest BCUT2D eigenvalue weighted by molar-refractivity contribution is 6.03. The van der Waals surface area contributed by atoms with Gasteiger partial charge in [0.25, 0.3) is 5.91 Å². The molecule has 0 bridgehead atoms. The molecule has 33 heavy (non-hydrogen) atoms. The summed E-state index contributed by atoms with van der Waals surface area (Å²) in [5.74, 6) is -0.298. The van der Waals surface area contributed by atoms with Crippen LogP contribution in [-0.4, -0.2) is 55.1 Å². The molecule has 6 rings (SSSR count). The number of aryl methyl sites for hydroxylation is 2. The first-order valence-electron chi connectivity index (χ1n) is 11.3. The summed E-state index contributed by atoms with van der Waals surface area (Å²) in [5, 5.41) is 11.0. The Hall–Kier alpha value is -3.53. The summed E-state index contributed by atoms with van der Waals surface area (Å²) in [4.78, 5) is 24.2. The second kappa shape index (κ2) is 7.51. The average Bonchev–Trinajstić information content (AvgIpc) is 3.13. The van der Waals surface area contributed by atoms with Crippen molar-refractivity contribution in [3.05, 3.63) is 53.6 Å². The summed E-state index contributed by atoms with van der Waals surface area (Å²) in [6, 6.07) is 6.10. The van der Waals surface area contributed by atoms with Gasteiger partial charge in [-0.25, -0.2) is 18.9 Å². The van der Waals surface area contributed by atoms with Crippen LogP contribution in [0.1, 0.15) is 41.3 Å². The number of halogens is 1. The fourth-order valence-corrected chi connectivity index (χ4v) is 4.61. The van der Waals surface area contributed by atoms with E-state index in [0.29, 0.717) is 40.6 Å². The van der Waals surface area contributed by atoms with E-state index in [-0.39, 0.29) is 11.6 Å². The fraction of sp³-hybridized carbons (Fsp3) is 0.391. The van der Waals surface area contributed by atoms with Crippen molar-refractivity contribution in [2.24, 2.45) is 0 Å². The molecule has 1 aliphatic carbocycles. The molecular formula is C23H25FN8O. The van der Waals surface area contributed by atoms with Crippen LogP contribution < -0.4 is 15.5 Å². The number of anilines is 2. The van der Waals surface area contributed by atoms with Gasteiger partial charge in [0.1, 0.15) is 11.5 Å². The van der Waals surface area contributed by atoms with Gasteiger partial charge >= 0.3 is 0 Å². The molecule has 1 aliphatic heterocycles. The first-order valence-corrected chi connectivity index (χ1v) is 11.3. The van der Waals surface area contributed by atoms with E-state index >= 15 is 0 Å². The molecule has 10 heteroatoms. The standard InChI is InChI=1S/C23H25FN8O/c1-13-10-31-12-17(9-18(24)21(31)25-13)28-23(33)20-6-5-19(22-26-14(2)29-32(20)22)30-8-7-16(11-30)27-15-3-4-15/h5-6,9-10,12,15-16,27H,3-4,7-8,11H2,1-2H3,(H,28,33)/t16-/m1/s1. The van der Waals surface area contributed by atoms with Gasteiger partial charge < -0.3 is 19.9 Å². The first-order chi connectivity index (χ1) is 15.9. The molecule has 2 N–H and O–H groups in total. The Morgan fingerprint density at radius 1 is 1.09 bits per heavy atom. The maximum Gasteiger partial charge on any atom is 0.274 e. The van der Waals surface area contributed by atoms with Crippen molar-refractivity contribution in [1.82, 2.24) is 29.3 Å². The number of aromatic nitrogens is 5. The zero-order valence-electron chi connectivity index (χ0n) is 18.5. The topological polar surface area (TPSA) is 91.9 Å². The molecule has 4 aromatic rings. The van der Waals surface area contributed by atoms with Crippen molar-refractivity contribution in [3.63, 3.8) is 0 Å². The lowest BCUT2D eigenvalue weighted by Gasteiger charge is -2.20. The van der Waals surface area contributed by atoms with Gasteiger partial charge in [-0.2, -0.15) is 5.10 Å². The van der Waals surface area contributed by atoms with Crippen LogP contribution in [0.15, 0.2) is 30.6 Å². The minimum absolute atomic E-state index is 0.226. The van der Waals surface area contributed by atoms with E-state index in [1.165, 1.54) is 18.9 Å². The Morgan fingerprint density at radius 3 is 2.76 bits per heavy atom. The summed E-state index contributed by atoms with van der Waals surface area (Å²) < 4.78 is 17.6. The highest BCUT2D eigenvalue weighted by Gasteiger charge is 2.30. The second-order valence-corrected chi connectivity index (χ2v) is 9.01. The summed E-state index contributed by atoms with van der Waals surface area (Å²) in [6.45, 7) is 5.44. The first kappa shape index (κ1) is 20.1. The summed E-state index contributed by atoms with van der Waals surface area (Å²) >= 11 is 0. The van der Waals surface area contributed by atoms with E-state index in [2.05, 4.69) is 30.6 Å². The Balaban J connectivity index is 1.29. The van der Waals surface area contributed by atoms with Gasteiger partial charge in [-0.1, -0.05) is 0 Å². The number of fused-ring (bicyclic) bond motifs is 2. The minimum Gasteiger partial charge on any atom is -0.367 e. The predicted molar refractivity (Wildman–Crippen MR) is 122 cm³/mol. The molecule has 5 heterocycles. The van der Waals surface area contributed by atoms with Crippen molar-refractivity contribution in [1.29, 1.82) is 0 Å². The number of rotatable bonds is 5. The highest BCUT2D eigenvalue weighted by atomic mass is 19.1. The van der Waals surface area contributed by atoms with Crippen LogP contribution in [0.2, 0.25) is 0 Å². The van der Waals surface area contributed by atoms with Gasteiger partial charge in [0.2, 0.25) is 0 Å². The van der Waals surface area contributed by atoms with Crippen LogP contribution >= 0.6 is 0 Å². The number of carbonyl (C=O) groups excluding carboxylic acids is 1. The summed E-state index contributed by atoms with van der Waals surface area (Å²) in [6.07, 6.45) is 6.98. The smallest absolute Gasteiger partial charge is 0.274 e. The Bertz CT molecular complexity index is 1390. The Morgan fingerprint density at radius 2 is 1.94 bits per heavy atom. The number of hydrogen-bond donors (Lipinski definition) is 2. The lowest BCUT2D eigenvalue weighted by molar-refractivity contribution is 0.102. The molecule has 0 aromatic carbocycles. The molecule has 1 atom stereocenters. The number of nitrogens with one attached hydrogen (secondary N) is 2. The van der Waals surface area contributed by atoms with Gasteiger partial charge in [0.15, 0.2) is 17.1 Å². The van der Waals surface area contributed by atoms with E-state index < -0.39 is 5.82 Å². The number of nitrogens with zero attached hydrogens (tertiary/aromatic N) is 6. The number of amides is 1. The van der Waals surface area contributed by atoms with Crippen LogP contribution in [0, 0.1) is 19.7 Å². The van der Waals surface area contributed by atoms with Crippen molar-refractivity contribution in [2.75, 3.05) is 23.3 Å². The summed E-state index contributed by atoms with van der Waals surface area (Å²) in [7, 11) is 0. The van der Waals surface area contributed by atoms with Crippen LogP contribution in [0.5, 0.6) is 0 Å². The van der Waals surface area contributed by atoms with Crippen LogP contribution in [0.3, 0.4) is 0 Å². The minimum atomic E-state index is -0.499. The molecule has 170 valence electrons. The molecule has 1 amide bonds. The van der Waals surface area contributed by atoms with Gasteiger partial charge in [0, 0.05) is 43.6 Å². The zero-order valence-corrected chi connectivity index (χ0v) is 18.5. The normalized spacial score (nSPS) is 18.5. The van der Waals surface area contributed by atoms with Crippen molar-refractivity contribution >= 4 is 28.6 Å². The van der Waals surface area contributed by atoms with E-state index in [9.17, 15) is 9.18 Å². The van der Waals surface area contributed by atoms with Gasteiger partial charge in [-0.15, -0.1) is 0 Å². The molecule has 0 unspecified atom stereocenters. The van der Waals surface area contributed by atoms with Crippen molar-refractivity contribution in [2.45, 2.75) is 45.2 Å². The quantitative estimate of drug-likeness (QED) is 0.488. The molecule has 2 aliphatic rings. The van der Waals surface area contributed by atoms with E-state index in [1.54, 1.807) is 34.3 Å². The molecule has 9 nitrogen and oxygen atoms in total. The largest absolute Gasteiger partial charge is 0.367 e. The lowest BCUT2D eigenvalue weighted by Crippen LogP contribution is -2.34.